The zero-order valence-electron chi connectivity index (χ0n) is 15.6. The Hall–Kier alpha value is -2.13. The normalized spacial score (nSPS) is 31.9. The Labute approximate surface area is 155 Å². The second kappa shape index (κ2) is 5.43. The van der Waals surface area contributed by atoms with E-state index in [0.717, 1.165) is 37.7 Å². The smallest absolute Gasteiger partial charge is 0.127 e. The average Bonchev–Trinajstić information content (AvgIpc) is 3.11. The van der Waals surface area contributed by atoms with Crippen LogP contribution in [-0.2, 0) is 16.7 Å². The summed E-state index contributed by atoms with van der Waals surface area (Å²) < 4.78 is 5.67. The van der Waals surface area contributed by atoms with Gasteiger partial charge in [0.05, 0.1) is 6.10 Å². The minimum absolute atomic E-state index is 0.107. The number of amidine groups is 1. The van der Waals surface area contributed by atoms with Crippen molar-refractivity contribution >= 4 is 5.84 Å². The fraction of sp³-hybridized carbons (Fsp3) is 0.435. The molecular formula is C23H26N2O. The first-order chi connectivity index (χ1) is 12.6. The molecule has 0 bridgehead atoms. The van der Waals surface area contributed by atoms with Crippen molar-refractivity contribution in [2.24, 2.45) is 16.1 Å². The van der Waals surface area contributed by atoms with E-state index in [0.29, 0.717) is 11.9 Å². The summed E-state index contributed by atoms with van der Waals surface area (Å²) in [7, 11) is 1.84. The van der Waals surface area contributed by atoms with Gasteiger partial charge in [-0.2, -0.15) is 0 Å². The van der Waals surface area contributed by atoms with Gasteiger partial charge < -0.3 is 10.5 Å². The number of rotatable bonds is 1. The van der Waals surface area contributed by atoms with Gasteiger partial charge in [0.2, 0.25) is 0 Å². The number of benzene rings is 2. The zero-order valence-corrected chi connectivity index (χ0v) is 15.6. The van der Waals surface area contributed by atoms with Crippen LogP contribution >= 0.6 is 0 Å². The van der Waals surface area contributed by atoms with E-state index in [2.05, 4.69) is 49.4 Å². The summed E-state index contributed by atoms with van der Waals surface area (Å²) in [5.41, 5.74) is 12.8. The summed E-state index contributed by atoms with van der Waals surface area (Å²) in [6.45, 7) is 2.18. The molecule has 2 spiro atoms. The van der Waals surface area contributed by atoms with Gasteiger partial charge in [-0.25, -0.2) is 0 Å². The van der Waals surface area contributed by atoms with Crippen molar-refractivity contribution in [2.75, 3.05) is 7.11 Å². The van der Waals surface area contributed by atoms with Gasteiger partial charge in [0.25, 0.3) is 0 Å². The van der Waals surface area contributed by atoms with Crippen molar-refractivity contribution in [3.05, 3.63) is 70.3 Å². The van der Waals surface area contributed by atoms with E-state index >= 15 is 0 Å². The van der Waals surface area contributed by atoms with Crippen LogP contribution in [0, 0.1) is 12.3 Å². The lowest BCUT2D eigenvalue weighted by Gasteiger charge is -2.47. The standard InChI is InChI=1S/C23H26N2O/c1-15-7-8-16-14-22(11-9-17(26-2)10-12-22)23(20(16)13-15)19-6-4-3-5-18(19)21(24)25-23/h3-8,13,17H,9-12,14H2,1-2H3,(H2,24,25). The topological polar surface area (TPSA) is 47.6 Å². The van der Waals surface area contributed by atoms with Gasteiger partial charge in [0.15, 0.2) is 0 Å². The third kappa shape index (κ3) is 1.90. The first-order valence-corrected chi connectivity index (χ1v) is 9.68. The minimum atomic E-state index is -0.326. The number of aliphatic imine (C=N–C) groups is 1. The van der Waals surface area contributed by atoms with Gasteiger partial charge >= 0.3 is 0 Å². The number of methoxy groups -OCH3 is 1. The van der Waals surface area contributed by atoms with Crippen molar-refractivity contribution in [1.82, 2.24) is 0 Å². The Morgan fingerprint density at radius 3 is 2.62 bits per heavy atom. The van der Waals surface area contributed by atoms with E-state index in [4.69, 9.17) is 15.5 Å². The molecule has 1 unspecified atom stereocenters. The lowest BCUT2D eigenvalue weighted by molar-refractivity contribution is 0.00684. The van der Waals surface area contributed by atoms with E-state index < -0.39 is 0 Å². The molecule has 2 aromatic rings. The van der Waals surface area contributed by atoms with E-state index in [-0.39, 0.29) is 11.0 Å². The van der Waals surface area contributed by atoms with Crippen molar-refractivity contribution in [3.63, 3.8) is 0 Å². The van der Waals surface area contributed by atoms with Crippen LogP contribution in [0.1, 0.15) is 53.5 Å². The van der Waals surface area contributed by atoms with Crippen LogP contribution in [-0.4, -0.2) is 19.0 Å². The number of hydrogen-bond acceptors (Lipinski definition) is 3. The molecule has 134 valence electrons. The Kier molecular flexibility index (Phi) is 3.36. The third-order valence-electron chi connectivity index (χ3n) is 7.06. The van der Waals surface area contributed by atoms with Crippen LogP contribution in [0.3, 0.4) is 0 Å². The van der Waals surface area contributed by atoms with Crippen molar-refractivity contribution in [1.29, 1.82) is 0 Å². The van der Waals surface area contributed by atoms with Gasteiger partial charge in [-0.3, -0.25) is 4.99 Å². The Morgan fingerprint density at radius 1 is 1.08 bits per heavy atom. The van der Waals surface area contributed by atoms with Crippen molar-refractivity contribution in [3.8, 4) is 0 Å². The Balaban J connectivity index is 1.76. The molecule has 1 saturated carbocycles. The van der Waals surface area contributed by atoms with E-state index in [1.165, 1.54) is 22.3 Å². The highest BCUT2D eigenvalue weighted by Crippen LogP contribution is 2.64. The fourth-order valence-corrected chi connectivity index (χ4v) is 5.81. The van der Waals surface area contributed by atoms with Crippen LogP contribution in [0.25, 0.3) is 0 Å². The van der Waals surface area contributed by atoms with E-state index in [1.807, 2.05) is 7.11 Å². The summed E-state index contributed by atoms with van der Waals surface area (Å²) >= 11 is 0. The Bertz CT molecular complexity index is 908. The minimum Gasteiger partial charge on any atom is -0.383 e. The molecule has 1 heterocycles. The summed E-state index contributed by atoms with van der Waals surface area (Å²) in [6, 6.07) is 15.5. The molecular weight excluding hydrogens is 320 g/mol. The van der Waals surface area contributed by atoms with Crippen LogP contribution < -0.4 is 5.73 Å². The number of nitrogens with zero attached hydrogens (tertiary/aromatic N) is 1. The molecule has 0 amide bonds. The monoisotopic (exact) mass is 346 g/mol. The molecule has 0 aromatic heterocycles. The lowest BCUT2D eigenvalue weighted by Crippen LogP contribution is -2.45. The molecule has 26 heavy (non-hydrogen) atoms. The maximum atomic E-state index is 6.46. The number of nitrogens with two attached hydrogens (primary N) is 1. The summed E-state index contributed by atoms with van der Waals surface area (Å²) in [5, 5.41) is 0. The molecule has 3 heteroatoms. The Morgan fingerprint density at radius 2 is 1.85 bits per heavy atom. The van der Waals surface area contributed by atoms with Gasteiger partial charge in [-0.15, -0.1) is 0 Å². The largest absolute Gasteiger partial charge is 0.383 e. The van der Waals surface area contributed by atoms with Crippen molar-refractivity contribution < 1.29 is 4.74 Å². The fourth-order valence-electron chi connectivity index (χ4n) is 5.81. The number of fused-ring (bicyclic) bond motifs is 5. The van der Waals surface area contributed by atoms with E-state index in [1.54, 1.807) is 0 Å². The maximum absolute atomic E-state index is 6.46. The van der Waals surface area contributed by atoms with Gasteiger partial charge in [-0.05, 0) is 55.7 Å². The molecule has 3 aliphatic rings. The highest BCUT2D eigenvalue weighted by molar-refractivity contribution is 6.03. The predicted molar refractivity (Wildman–Crippen MR) is 105 cm³/mol. The van der Waals surface area contributed by atoms with Crippen LogP contribution in [0.2, 0.25) is 0 Å². The molecule has 3 nitrogen and oxygen atoms in total. The zero-order chi connectivity index (χ0) is 17.9. The van der Waals surface area contributed by atoms with Crippen LogP contribution in [0.15, 0.2) is 47.5 Å². The summed E-state index contributed by atoms with van der Waals surface area (Å²) in [4.78, 5) is 5.25. The predicted octanol–water partition coefficient (Wildman–Crippen LogP) is 4.09. The maximum Gasteiger partial charge on any atom is 0.127 e. The molecule has 1 atom stereocenters. The second-order valence-corrected chi connectivity index (χ2v) is 8.31. The average molecular weight is 346 g/mol. The number of hydrogen-bond donors (Lipinski definition) is 1. The molecule has 0 radical (unpaired) electrons. The first kappa shape index (κ1) is 16.1. The molecule has 0 saturated heterocycles. The van der Waals surface area contributed by atoms with Crippen molar-refractivity contribution in [2.45, 2.75) is 50.7 Å². The summed E-state index contributed by atoms with van der Waals surface area (Å²) in [5.74, 6) is 0.697. The molecule has 2 aliphatic carbocycles. The third-order valence-corrected chi connectivity index (χ3v) is 7.06. The lowest BCUT2D eigenvalue weighted by atomic mass is 9.59. The van der Waals surface area contributed by atoms with Crippen LogP contribution in [0.4, 0.5) is 0 Å². The van der Waals surface area contributed by atoms with E-state index in [9.17, 15) is 0 Å². The molecule has 1 fully saturated rings. The van der Waals surface area contributed by atoms with Gasteiger partial charge in [0.1, 0.15) is 11.4 Å². The van der Waals surface area contributed by atoms with Gasteiger partial charge in [-0.1, -0.05) is 48.0 Å². The van der Waals surface area contributed by atoms with Crippen LogP contribution in [0.5, 0.6) is 0 Å². The molecule has 1 aliphatic heterocycles. The second-order valence-electron chi connectivity index (χ2n) is 8.31. The SMILES string of the molecule is COC1CCC2(CC1)Cc1ccc(C)cc1C21N=C(N)c2ccccc21. The number of aryl methyl sites for hydroxylation is 1. The quantitative estimate of drug-likeness (QED) is 0.845. The van der Waals surface area contributed by atoms with Gasteiger partial charge in [0, 0.05) is 18.1 Å². The summed E-state index contributed by atoms with van der Waals surface area (Å²) in [6.07, 6.45) is 5.92. The first-order valence-electron chi connectivity index (χ1n) is 9.68. The number of ether oxygens (including phenoxy) is 1. The molecule has 5 rings (SSSR count). The highest BCUT2D eigenvalue weighted by Gasteiger charge is 2.61. The highest BCUT2D eigenvalue weighted by atomic mass is 16.5. The molecule has 2 N–H and O–H groups in total. The molecule has 2 aromatic carbocycles.